The van der Waals surface area contributed by atoms with E-state index in [1.54, 1.807) is 54.6 Å². The summed E-state index contributed by atoms with van der Waals surface area (Å²) in [5.41, 5.74) is 1.57. The van der Waals surface area contributed by atoms with Gasteiger partial charge in [-0.3, -0.25) is 14.5 Å². The summed E-state index contributed by atoms with van der Waals surface area (Å²) in [4.78, 5) is 27.9. The number of aliphatic hydroxyl groups excluding tert-OH is 1. The molecule has 6 heteroatoms. The van der Waals surface area contributed by atoms with E-state index >= 15 is 0 Å². The van der Waals surface area contributed by atoms with E-state index in [2.05, 4.69) is 0 Å². The molecule has 2 N–H and O–H groups in total. The zero-order chi connectivity index (χ0) is 21.5. The van der Waals surface area contributed by atoms with Crippen LogP contribution in [0.2, 0.25) is 0 Å². The molecule has 3 aromatic carbocycles. The van der Waals surface area contributed by atoms with Gasteiger partial charge in [-0.25, -0.2) is 0 Å². The van der Waals surface area contributed by atoms with Crippen molar-refractivity contribution in [1.82, 2.24) is 0 Å². The SMILES string of the molecule is O=C(C1=C(O)C(=O)N(c2ccccc2)C1c1ccc(O)cc1)c1cc2ccccc2o1. The number of carbonyl (C=O) groups excluding carboxylic acids is 2. The molecule has 1 aliphatic heterocycles. The smallest absolute Gasteiger partial charge is 0.294 e. The second kappa shape index (κ2) is 7.18. The highest BCUT2D eigenvalue weighted by Crippen LogP contribution is 2.42. The lowest BCUT2D eigenvalue weighted by Gasteiger charge is -2.26. The first-order valence-electron chi connectivity index (χ1n) is 9.68. The Kier molecular flexibility index (Phi) is 4.33. The first-order valence-corrected chi connectivity index (χ1v) is 9.68. The number of anilines is 1. The van der Waals surface area contributed by atoms with Crippen molar-refractivity contribution in [2.45, 2.75) is 6.04 Å². The van der Waals surface area contributed by atoms with Gasteiger partial charge in [0.1, 0.15) is 11.3 Å². The average molecular weight is 411 g/mol. The van der Waals surface area contributed by atoms with Crippen molar-refractivity contribution in [3.63, 3.8) is 0 Å². The third-order valence-corrected chi connectivity index (χ3v) is 5.35. The van der Waals surface area contributed by atoms with Gasteiger partial charge in [0, 0.05) is 11.1 Å². The van der Waals surface area contributed by atoms with E-state index in [9.17, 15) is 19.8 Å². The number of nitrogens with zero attached hydrogens (tertiary/aromatic N) is 1. The third kappa shape index (κ3) is 3.05. The number of ketones is 1. The van der Waals surface area contributed by atoms with Gasteiger partial charge in [-0.05, 0) is 42.0 Å². The highest BCUT2D eigenvalue weighted by atomic mass is 16.3. The Bertz CT molecular complexity index is 1300. The molecule has 0 saturated heterocycles. The summed E-state index contributed by atoms with van der Waals surface area (Å²) >= 11 is 0. The van der Waals surface area contributed by atoms with Crippen molar-refractivity contribution in [3.8, 4) is 5.75 Å². The van der Waals surface area contributed by atoms with Crippen LogP contribution in [0, 0.1) is 0 Å². The zero-order valence-corrected chi connectivity index (χ0v) is 16.2. The van der Waals surface area contributed by atoms with Gasteiger partial charge in [0.05, 0.1) is 11.6 Å². The fraction of sp³-hybridized carbons (Fsp3) is 0.0400. The number of hydrogen-bond acceptors (Lipinski definition) is 5. The van der Waals surface area contributed by atoms with E-state index in [0.29, 0.717) is 16.8 Å². The fourth-order valence-electron chi connectivity index (χ4n) is 3.89. The Morgan fingerprint density at radius 1 is 0.871 bits per heavy atom. The van der Waals surface area contributed by atoms with Crippen LogP contribution in [0.4, 0.5) is 5.69 Å². The van der Waals surface area contributed by atoms with Gasteiger partial charge < -0.3 is 14.6 Å². The van der Waals surface area contributed by atoms with Crippen LogP contribution >= 0.6 is 0 Å². The number of hydrogen-bond donors (Lipinski definition) is 2. The number of phenolic OH excluding ortho intramolecular Hbond substituents is 1. The summed E-state index contributed by atoms with van der Waals surface area (Å²) in [7, 11) is 0. The topological polar surface area (TPSA) is 91.0 Å². The molecule has 0 saturated carbocycles. The van der Waals surface area contributed by atoms with E-state index in [4.69, 9.17) is 4.42 Å². The lowest BCUT2D eigenvalue weighted by molar-refractivity contribution is -0.117. The molecular weight excluding hydrogens is 394 g/mol. The van der Waals surface area contributed by atoms with Crippen LogP contribution in [-0.2, 0) is 4.79 Å². The largest absolute Gasteiger partial charge is 0.508 e. The second-order valence-corrected chi connectivity index (χ2v) is 7.24. The molecule has 1 unspecified atom stereocenters. The zero-order valence-electron chi connectivity index (χ0n) is 16.2. The van der Waals surface area contributed by atoms with Crippen molar-refractivity contribution in [2.75, 3.05) is 4.90 Å². The van der Waals surface area contributed by atoms with Crippen molar-refractivity contribution in [3.05, 3.63) is 108 Å². The number of phenols is 1. The van der Waals surface area contributed by atoms with Crippen LogP contribution in [0.1, 0.15) is 22.2 Å². The van der Waals surface area contributed by atoms with Crippen molar-refractivity contribution in [1.29, 1.82) is 0 Å². The van der Waals surface area contributed by atoms with Gasteiger partial charge in [-0.15, -0.1) is 0 Å². The first kappa shape index (κ1) is 18.7. The van der Waals surface area contributed by atoms with Crippen LogP contribution in [0.3, 0.4) is 0 Å². The van der Waals surface area contributed by atoms with E-state index < -0.39 is 23.5 Å². The molecule has 0 bridgehead atoms. The van der Waals surface area contributed by atoms with Crippen LogP contribution in [0.15, 0.2) is 101 Å². The predicted octanol–water partition coefficient (Wildman–Crippen LogP) is 4.92. The number of benzene rings is 3. The molecule has 1 aliphatic rings. The Balaban J connectivity index is 1.66. The Morgan fingerprint density at radius 3 is 2.26 bits per heavy atom. The summed E-state index contributed by atoms with van der Waals surface area (Å²) in [6.07, 6.45) is 0. The van der Waals surface area contributed by atoms with E-state index in [1.807, 2.05) is 18.2 Å². The third-order valence-electron chi connectivity index (χ3n) is 5.35. The Labute approximate surface area is 177 Å². The highest BCUT2D eigenvalue weighted by Gasteiger charge is 2.45. The standard InChI is InChI=1S/C25H17NO5/c27-18-12-10-15(11-13-18)22-21(23(28)20-14-16-6-4-5-9-19(16)31-20)24(29)25(30)26(22)17-7-2-1-3-8-17/h1-14,22,27,29H. The molecule has 5 rings (SSSR count). The number of Topliss-reactive ketones (excluding diaryl/α,β-unsaturated/α-hetero) is 1. The molecule has 4 aromatic rings. The van der Waals surface area contributed by atoms with Crippen LogP contribution in [-0.4, -0.2) is 21.9 Å². The quantitative estimate of drug-likeness (QED) is 0.465. The van der Waals surface area contributed by atoms with Crippen molar-refractivity contribution in [2.24, 2.45) is 0 Å². The highest BCUT2D eigenvalue weighted by molar-refractivity contribution is 6.20. The minimum atomic E-state index is -0.879. The number of para-hydroxylation sites is 2. The molecule has 0 aliphatic carbocycles. The molecule has 2 heterocycles. The molecule has 0 fully saturated rings. The van der Waals surface area contributed by atoms with Crippen molar-refractivity contribution >= 4 is 28.3 Å². The maximum atomic E-state index is 13.5. The van der Waals surface area contributed by atoms with Gasteiger partial charge in [0.25, 0.3) is 5.91 Å². The summed E-state index contributed by atoms with van der Waals surface area (Å²) in [5.74, 6) is -1.78. The first-order chi connectivity index (χ1) is 15.0. The summed E-state index contributed by atoms with van der Waals surface area (Å²) in [6.45, 7) is 0. The van der Waals surface area contributed by atoms with Crippen LogP contribution in [0.5, 0.6) is 5.75 Å². The van der Waals surface area contributed by atoms with Gasteiger partial charge in [0.2, 0.25) is 5.78 Å². The van der Waals surface area contributed by atoms with E-state index in [1.165, 1.54) is 17.0 Å². The molecule has 6 nitrogen and oxygen atoms in total. The summed E-state index contributed by atoms with van der Waals surface area (Å²) in [6, 6.07) is 22.9. The van der Waals surface area contributed by atoms with Gasteiger partial charge in [0.15, 0.2) is 11.5 Å². The molecule has 0 radical (unpaired) electrons. The fourth-order valence-corrected chi connectivity index (χ4v) is 3.89. The average Bonchev–Trinajstić information content (AvgIpc) is 3.34. The molecule has 1 amide bonds. The Morgan fingerprint density at radius 2 is 1.55 bits per heavy atom. The number of amides is 1. The molecule has 1 atom stereocenters. The van der Waals surface area contributed by atoms with Crippen LogP contribution in [0.25, 0.3) is 11.0 Å². The number of fused-ring (bicyclic) bond motifs is 1. The minimum absolute atomic E-state index is 0.0363. The number of aliphatic hydroxyl groups is 1. The monoisotopic (exact) mass is 411 g/mol. The van der Waals surface area contributed by atoms with Crippen molar-refractivity contribution < 1.29 is 24.2 Å². The molecular formula is C25H17NO5. The maximum absolute atomic E-state index is 13.5. The van der Waals surface area contributed by atoms with Gasteiger partial charge in [-0.2, -0.15) is 0 Å². The van der Waals surface area contributed by atoms with Gasteiger partial charge in [-0.1, -0.05) is 48.5 Å². The lowest BCUT2D eigenvalue weighted by atomic mass is 9.94. The van der Waals surface area contributed by atoms with E-state index in [-0.39, 0.29) is 17.1 Å². The van der Waals surface area contributed by atoms with Gasteiger partial charge >= 0.3 is 0 Å². The minimum Gasteiger partial charge on any atom is -0.508 e. The number of rotatable bonds is 4. The normalized spacial score (nSPS) is 16.3. The molecule has 152 valence electrons. The summed E-state index contributed by atoms with van der Waals surface area (Å²) in [5, 5.41) is 21.2. The van der Waals surface area contributed by atoms with Crippen LogP contribution < -0.4 is 4.90 Å². The van der Waals surface area contributed by atoms with E-state index in [0.717, 1.165) is 5.39 Å². The predicted molar refractivity (Wildman–Crippen MR) is 115 cm³/mol. The molecule has 1 aromatic heterocycles. The number of furan rings is 1. The Hall–Kier alpha value is -4.32. The second-order valence-electron chi connectivity index (χ2n) is 7.24. The summed E-state index contributed by atoms with van der Waals surface area (Å²) < 4.78 is 5.71. The lowest BCUT2D eigenvalue weighted by Crippen LogP contribution is -2.30. The maximum Gasteiger partial charge on any atom is 0.294 e. The number of aromatic hydroxyl groups is 1. The number of carbonyl (C=O) groups is 2. The molecule has 0 spiro atoms. The molecule has 31 heavy (non-hydrogen) atoms.